The van der Waals surface area contributed by atoms with Crippen molar-refractivity contribution in [1.82, 2.24) is 24.7 Å². The summed E-state index contributed by atoms with van der Waals surface area (Å²) >= 11 is 0. The van der Waals surface area contributed by atoms with Gasteiger partial charge in [-0.3, -0.25) is 4.99 Å². The molecule has 2 aromatic rings. The van der Waals surface area contributed by atoms with Crippen LogP contribution in [0.4, 0.5) is 10.5 Å². The number of aliphatic imine (C=N–C) groups is 1. The van der Waals surface area contributed by atoms with Crippen molar-refractivity contribution < 1.29 is 4.79 Å². The normalized spacial score (nSPS) is 20.2. The van der Waals surface area contributed by atoms with Crippen LogP contribution in [0, 0.1) is 5.92 Å². The van der Waals surface area contributed by atoms with Crippen molar-refractivity contribution in [3.8, 4) is 0 Å². The van der Waals surface area contributed by atoms with Gasteiger partial charge in [-0.15, -0.1) is 0 Å². The maximum Gasteiger partial charge on any atom is 0.317 e. The third kappa shape index (κ3) is 5.96. The Hall–Kier alpha value is -3.13. The lowest BCUT2D eigenvalue weighted by atomic mass is 9.88. The minimum Gasteiger partial charge on any atom is -0.366 e. The second kappa shape index (κ2) is 12.2. The molecule has 3 aliphatic rings. The highest BCUT2D eigenvalue weighted by atomic mass is 16.2. The highest BCUT2D eigenvalue weighted by molar-refractivity contribution is 5.89. The molecular weight excluding hydrogens is 474 g/mol. The van der Waals surface area contributed by atoms with Gasteiger partial charge < -0.3 is 20.0 Å². The summed E-state index contributed by atoms with van der Waals surface area (Å²) in [6.45, 7) is 12.6. The fourth-order valence-electron chi connectivity index (χ4n) is 5.94. The summed E-state index contributed by atoms with van der Waals surface area (Å²) < 4.78 is 1.98. The summed E-state index contributed by atoms with van der Waals surface area (Å²) in [6.07, 6.45) is 16.4. The van der Waals surface area contributed by atoms with Crippen LogP contribution in [-0.2, 0) is 0 Å². The first kappa shape index (κ1) is 26.5. The number of amides is 2. The maximum atomic E-state index is 12.2. The number of nitrogens with one attached hydrogen (secondary N) is 1. The number of urea groups is 1. The molecule has 0 aliphatic carbocycles. The molecule has 3 aliphatic heterocycles. The van der Waals surface area contributed by atoms with E-state index >= 15 is 0 Å². The van der Waals surface area contributed by atoms with Gasteiger partial charge in [0.2, 0.25) is 0 Å². The predicted molar refractivity (Wildman–Crippen MR) is 156 cm³/mol. The minimum absolute atomic E-state index is 0.0290. The molecule has 2 fully saturated rings. The second-order valence-corrected chi connectivity index (χ2v) is 11.0. The Balaban J connectivity index is 1.35. The first-order valence-electron chi connectivity index (χ1n) is 14.5. The zero-order valence-electron chi connectivity index (χ0n) is 23.3. The van der Waals surface area contributed by atoms with Crippen LogP contribution in [0.5, 0.6) is 0 Å². The van der Waals surface area contributed by atoms with Gasteiger partial charge in [-0.2, -0.15) is 5.10 Å². The van der Waals surface area contributed by atoms with Crippen LogP contribution in [0.25, 0.3) is 11.1 Å². The molecule has 5 heterocycles. The average molecular weight is 518 g/mol. The van der Waals surface area contributed by atoms with E-state index in [0.717, 1.165) is 67.8 Å². The largest absolute Gasteiger partial charge is 0.366 e. The number of carbonyl (C=O) groups is 1. The molecule has 38 heavy (non-hydrogen) atoms. The molecule has 5 rings (SSSR count). The Kier molecular flexibility index (Phi) is 8.47. The Labute approximate surface area is 227 Å². The van der Waals surface area contributed by atoms with Crippen LogP contribution in [0.2, 0.25) is 0 Å². The molecule has 0 atom stereocenters. The number of aromatic nitrogens is 2. The summed E-state index contributed by atoms with van der Waals surface area (Å²) in [6, 6.07) is 4.99. The topological polar surface area (TPSA) is 68.5 Å². The van der Waals surface area contributed by atoms with Crippen molar-refractivity contribution >= 4 is 28.5 Å². The Morgan fingerprint density at radius 3 is 2.66 bits per heavy atom. The van der Waals surface area contributed by atoms with Gasteiger partial charge >= 0.3 is 6.03 Å². The highest BCUT2D eigenvalue weighted by Crippen LogP contribution is 2.29. The number of carbonyl (C=O) groups excluding carboxylic acids is 1. The van der Waals surface area contributed by atoms with E-state index in [4.69, 9.17) is 4.99 Å². The lowest BCUT2D eigenvalue weighted by molar-refractivity contribution is 0.169. The number of piperidine rings is 1. The SMILES string of the molecule is CCNC(=O)N1CCN(c2ccnn3cc(C4=CN=C(C5CCN(C(C)C)CC5)CCCC=C4)cc23)CC1. The van der Waals surface area contributed by atoms with E-state index in [9.17, 15) is 4.79 Å². The quantitative estimate of drug-likeness (QED) is 0.617. The van der Waals surface area contributed by atoms with Crippen LogP contribution in [-0.4, -0.2) is 83.0 Å². The van der Waals surface area contributed by atoms with Crippen LogP contribution in [0.15, 0.2) is 47.9 Å². The van der Waals surface area contributed by atoms with Crippen molar-refractivity contribution in [1.29, 1.82) is 0 Å². The maximum absolute atomic E-state index is 12.2. The molecule has 0 radical (unpaired) electrons. The van der Waals surface area contributed by atoms with Gasteiger partial charge in [0.1, 0.15) is 0 Å². The summed E-state index contributed by atoms with van der Waals surface area (Å²) in [5.41, 5.74) is 5.91. The molecular formula is C30H43N7O. The summed E-state index contributed by atoms with van der Waals surface area (Å²) in [5, 5.41) is 7.53. The van der Waals surface area contributed by atoms with Crippen molar-refractivity contribution in [2.24, 2.45) is 10.9 Å². The monoisotopic (exact) mass is 517 g/mol. The summed E-state index contributed by atoms with van der Waals surface area (Å²) in [5.74, 6) is 0.597. The third-order valence-electron chi connectivity index (χ3n) is 8.26. The zero-order chi connectivity index (χ0) is 26.5. The molecule has 204 valence electrons. The molecule has 2 amide bonds. The molecule has 0 bridgehead atoms. The van der Waals surface area contributed by atoms with E-state index < -0.39 is 0 Å². The first-order chi connectivity index (χ1) is 18.5. The van der Waals surface area contributed by atoms with E-state index in [1.807, 2.05) is 22.5 Å². The molecule has 8 heteroatoms. The van der Waals surface area contributed by atoms with Crippen molar-refractivity contribution in [2.45, 2.75) is 58.9 Å². The van der Waals surface area contributed by atoms with Crippen molar-refractivity contribution in [3.63, 3.8) is 0 Å². The molecule has 2 aromatic heterocycles. The van der Waals surface area contributed by atoms with Crippen molar-refractivity contribution in [3.05, 3.63) is 48.4 Å². The second-order valence-electron chi connectivity index (χ2n) is 11.0. The van der Waals surface area contributed by atoms with Gasteiger partial charge in [0.15, 0.2) is 0 Å². The number of anilines is 1. The van der Waals surface area contributed by atoms with Gasteiger partial charge in [-0.1, -0.05) is 12.2 Å². The van der Waals surface area contributed by atoms with Gasteiger partial charge in [0, 0.05) is 74.2 Å². The van der Waals surface area contributed by atoms with Crippen LogP contribution in [0.3, 0.4) is 0 Å². The lowest BCUT2D eigenvalue weighted by Gasteiger charge is -2.36. The van der Waals surface area contributed by atoms with Crippen molar-refractivity contribution in [2.75, 3.05) is 50.7 Å². The standard InChI is InChI=1S/C30H43N7O/c1-4-31-30(38)36-18-16-35(17-19-36)28-10-13-33-37-22-26(20-29(28)37)25-8-6-5-7-9-27(32-21-25)24-11-14-34(15-12-24)23(2)3/h6,8,10,13,20-24H,4-5,7,9,11-12,14-19H2,1-3H3,(H,31,38). The van der Waals surface area contributed by atoms with E-state index in [0.29, 0.717) is 18.5 Å². The summed E-state index contributed by atoms with van der Waals surface area (Å²) in [7, 11) is 0. The molecule has 0 spiro atoms. The molecule has 1 N–H and O–H groups in total. The van der Waals surface area contributed by atoms with E-state index in [1.165, 1.54) is 31.6 Å². The number of nitrogens with zero attached hydrogens (tertiary/aromatic N) is 6. The number of rotatable bonds is 5. The van der Waals surface area contributed by atoms with E-state index in [2.05, 4.69) is 70.7 Å². The van der Waals surface area contributed by atoms with Gasteiger partial charge in [0.05, 0.1) is 11.2 Å². The Morgan fingerprint density at radius 1 is 1.13 bits per heavy atom. The number of piperazine rings is 1. The van der Waals surface area contributed by atoms with Crippen LogP contribution < -0.4 is 10.2 Å². The fourth-order valence-corrected chi connectivity index (χ4v) is 5.94. The third-order valence-corrected chi connectivity index (χ3v) is 8.26. The fraction of sp³-hybridized carbons (Fsp3) is 0.567. The lowest BCUT2D eigenvalue weighted by Crippen LogP contribution is -2.51. The Morgan fingerprint density at radius 2 is 1.92 bits per heavy atom. The zero-order valence-corrected chi connectivity index (χ0v) is 23.3. The van der Waals surface area contributed by atoms with Gasteiger partial charge in [0.25, 0.3) is 0 Å². The van der Waals surface area contributed by atoms with E-state index in [-0.39, 0.29) is 6.03 Å². The molecule has 2 saturated heterocycles. The number of hydrogen-bond acceptors (Lipinski definition) is 5. The number of likely N-dealkylation sites (tertiary alicyclic amines) is 1. The number of allylic oxidation sites excluding steroid dienone is 3. The number of hydrogen-bond donors (Lipinski definition) is 1. The summed E-state index contributed by atoms with van der Waals surface area (Å²) in [4.78, 5) is 24.2. The molecule has 0 unspecified atom stereocenters. The molecule has 8 nitrogen and oxygen atoms in total. The smallest absolute Gasteiger partial charge is 0.317 e. The first-order valence-corrected chi connectivity index (χ1v) is 14.5. The highest BCUT2D eigenvalue weighted by Gasteiger charge is 2.25. The van der Waals surface area contributed by atoms with Gasteiger partial charge in [-0.25, -0.2) is 9.31 Å². The van der Waals surface area contributed by atoms with Crippen LogP contribution >= 0.6 is 0 Å². The predicted octanol–water partition coefficient (Wildman–Crippen LogP) is 4.83. The molecule has 0 saturated carbocycles. The molecule has 0 aromatic carbocycles. The number of fused-ring (bicyclic) bond motifs is 1. The van der Waals surface area contributed by atoms with Gasteiger partial charge in [-0.05, 0) is 84.0 Å². The Bertz CT molecular complexity index is 1190. The van der Waals surface area contributed by atoms with E-state index in [1.54, 1.807) is 0 Å². The average Bonchev–Trinajstić information content (AvgIpc) is 3.42. The minimum atomic E-state index is 0.0290. The van der Waals surface area contributed by atoms with Crippen LogP contribution in [0.1, 0.15) is 58.4 Å².